The van der Waals surface area contributed by atoms with Crippen LogP contribution in [0.1, 0.15) is 16.8 Å². The first-order valence-electron chi connectivity index (χ1n) is 7.63. The Labute approximate surface area is 141 Å². The fourth-order valence-electron chi connectivity index (χ4n) is 2.41. The lowest BCUT2D eigenvalue weighted by atomic mass is 10.2. The van der Waals surface area contributed by atoms with Crippen LogP contribution in [0.25, 0.3) is 0 Å². The highest BCUT2D eigenvalue weighted by atomic mass is 32.2. The van der Waals surface area contributed by atoms with E-state index < -0.39 is 16.0 Å². The Morgan fingerprint density at radius 3 is 2.71 bits per heavy atom. The molecule has 1 aliphatic rings. The molecule has 0 bridgehead atoms. The summed E-state index contributed by atoms with van der Waals surface area (Å²) in [6, 6.07) is 3.91. The molecule has 0 radical (unpaired) electrons. The number of nitrogens with one attached hydrogen (secondary N) is 1. The van der Waals surface area contributed by atoms with Gasteiger partial charge in [0.05, 0.1) is 31.8 Å². The number of morpholine rings is 1. The third-order valence-electron chi connectivity index (χ3n) is 3.67. The zero-order valence-corrected chi connectivity index (χ0v) is 14.3. The van der Waals surface area contributed by atoms with Gasteiger partial charge in [-0.15, -0.1) is 0 Å². The Morgan fingerprint density at radius 2 is 2.08 bits per heavy atom. The first-order chi connectivity index (χ1) is 11.4. The third kappa shape index (κ3) is 5.36. The topological polar surface area (TPSA) is 105 Å². The van der Waals surface area contributed by atoms with E-state index in [4.69, 9.17) is 4.74 Å². The quantitative estimate of drug-likeness (QED) is 0.689. The molecule has 24 heavy (non-hydrogen) atoms. The van der Waals surface area contributed by atoms with Crippen LogP contribution in [0.2, 0.25) is 0 Å². The van der Waals surface area contributed by atoms with E-state index in [0.29, 0.717) is 26.2 Å². The molecule has 0 atom stereocenters. The summed E-state index contributed by atoms with van der Waals surface area (Å²) in [4.78, 5) is 13.6. The van der Waals surface area contributed by atoms with Crippen molar-refractivity contribution in [2.75, 3.05) is 50.4 Å². The second kappa shape index (κ2) is 8.32. The van der Waals surface area contributed by atoms with Gasteiger partial charge in [-0.05, 0) is 25.1 Å². The van der Waals surface area contributed by atoms with Crippen molar-refractivity contribution in [2.45, 2.75) is 6.42 Å². The Balaban J connectivity index is 1.88. The summed E-state index contributed by atoms with van der Waals surface area (Å²) in [6.07, 6.45) is 0.502. The van der Waals surface area contributed by atoms with Gasteiger partial charge < -0.3 is 14.6 Å². The van der Waals surface area contributed by atoms with Crippen molar-refractivity contribution in [3.8, 4) is 5.75 Å². The van der Waals surface area contributed by atoms with Crippen LogP contribution in [0.4, 0.5) is 5.69 Å². The van der Waals surface area contributed by atoms with Crippen molar-refractivity contribution in [3.05, 3.63) is 23.8 Å². The van der Waals surface area contributed by atoms with Crippen molar-refractivity contribution < 1.29 is 27.8 Å². The number of rotatable bonds is 7. The average Bonchev–Trinajstić information content (AvgIpc) is 2.54. The minimum atomic E-state index is -3.53. The van der Waals surface area contributed by atoms with E-state index in [2.05, 4.69) is 14.4 Å². The average molecular weight is 358 g/mol. The van der Waals surface area contributed by atoms with Crippen molar-refractivity contribution in [1.29, 1.82) is 0 Å². The SMILES string of the molecule is COC(=O)c1ccc(NS(=O)(=O)CCCN2CCOCC2)cc1O. The van der Waals surface area contributed by atoms with E-state index in [-0.39, 0.29) is 22.8 Å². The van der Waals surface area contributed by atoms with Crippen LogP contribution in [0.15, 0.2) is 18.2 Å². The van der Waals surface area contributed by atoms with E-state index in [1.807, 2.05) is 0 Å². The van der Waals surface area contributed by atoms with Gasteiger partial charge in [0.15, 0.2) is 0 Å². The number of esters is 1. The minimum absolute atomic E-state index is 0.0206. The number of nitrogens with zero attached hydrogens (tertiary/aromatic N) is 1. The molecule has 1 heterocycles. The monoisotopic (exact) mass is 358 g/mol. The summed E-state index contributed by atoms with van der Waals surface area (Å²) < 4.78 is 36.4. The number of anilines is 1. The van der Waals surface area contributed by atoms with Crippen LogP contribution in [0.5, 0.6) is 5.75 Å². The molecule has 0 amide bonds. The van der Waals surface area contributed by atoms with Crippen LogP contribution >= 0.6 is 0 Å². The van der Waals surface area contributed by atoms with Crippen molar-refractivity contribution in [1.82, 2.24) is 4.90 Å². The Hall–Kier alpha value is -1.84. The number of ether oxygens (including phenoxy) is 2. The summed E-state index contributed by atoms with van der Waals surface area (Å²) in [7, 11) is -2.32. The zero-order chi connectivity index (χ0) is 17.6. The number of sulfonamides is 1. The summed E-state index contributed by atoms with van der Waals surface area (Å²) >= 11 is 0. The highest BCUT2D eigenvalue weighted by Crippen LogP contribution is 2.23. The van der Waals surface area contributed by atoms with Crippen LogP contribution in [-0.4, -0.2) is 70.1 Å². The van der Waals surface area contributed by atoms with Gasteiger partial charge in [-0.1, -0.05) is 0 Å². The lowest BCUT2D eigenvalue weighted by molar-refractivity contribution is 0.0381. The Bertz CT molecular complexity index is 671. The summed E-state index contributed by atoms with van der Waals surface area (Å²) in [6.45, 7) is 3.68. The van der Waals surface area contributed by atoms with E-state index in [1.54, 1.807) is 0 Å². The third-order valence-corrected chi connectivity index (χ3v) is 5.04. The normalized spacial score (nSPS) is 15.9. The lowest BCUT2D eigenvalue weighted by Crippen LogP contribution is -2.37. The molecule has 1 aromatic rings. The molecule has 2 N–H and O–H groups in total. The molecule has 9 heteroatoms. The molecule has 0 aromatic heterocycles. The number of phenols is 1. The maximum atomic E-state index is 12.1. The van der Waals surface area contributed by atoms with Crippen LogP contribution < -0.4 is 4.72 Å². The van der Waals surface area contributed by atoms with Gasteiger partial charge in [0.25, 0.3) is 0 Å². The number of carbonyl (C=O) groups is 1. The molecule has 0 saturated carbocycles. The molecule has 2 rings (SSSR count). The van der Waals surface area contributed by atoms with Crippen molar-refractivity contribution in [3.63, 3.8) is 0 Å². The maximum Gasteiger partial charge on any atom is 0.341 e. The molecular weight excluding hydrogens is 336 g/mol. The van der Waals surface area contributed by atoms with Crippen molar-refractivity contribution in [2.24, 2.45) is 0 Å². The number of hydrogen-bond donors (Lipinski definition) is 2. The Kier molecular flexibility index (Phi) is 6.41. The van der Waals surface area contributed by atoms with Gasteiger partial charge in [-0.3, -0.25) is 9.62 Å². The summed E-state index contributed by atoms with van der Waals surface area (Å²) in [5, 5.41) is 9.78. The standard InChI is InChI=1S/C15H22N2O6S/c1-22-15(19)13-4-3-12(11-14(13)18)16-24(20,21)10-2-5-17-6-8-23-9-7-17/h3-4,11,16,18H,2,5-10H2,1H3. The number of benzene rings is 1. The van der Waals surface area contributed by atoms with E-state index >= 15 is 0 Å². The fraction of sp³-hybridized carbons (Fsp3) is 0.533. The molecule has 134 valence electrons. The predicted molar refractivity (Wildman–Crippen MR) is 88.7 cm³/mol. The molecule has 0 spiro atoms. The van der Waals surface area contributed by atoms with E-state index in [1.165, 1.54) is 25.3 Å². The van der Waals surface area contributed by atoms with Crippen LogP contribution in [0, 0.1) is 0 Å². The molecule has 1 saturated heterocycles. The van der Waals surface area contributed by atoms with Crippen LogP contribution in [-0.2, 0) is 19.5 Å². The molecule has 1 fully saturated rings. The van der Waals surface area contributed by atoms with Crippen LogP contribution in [0.3, 0.4) is 0 Å². The second-order valence-corrected chi connectivity index (χ2v) is 7.29. The van der Waals surface area contributed by atoms with E-state index in [9.17, 15) is 18.3 Å². The number of aromatic hydroxyl groups is 1. The highest BCUT2D eigenvalue weighted by molar-refractivity contribution is 7.92. The molecule has 1 aliphatic heterocycles. The Morgan fingerprint density at radius 1 is 1.38 bits per heavy atom. The van der Waals surface area contributed by atoms with E-state index in [0.717, 1.165) is 13.1 Å². The van der Waals surface area contributed by atoms with Gasteiger partial charge in [0.2, 0.25) is 10.0 Å². The fourth-order valence-corrected chi connectivity index (χ4v) is 3.51. The van der Waals surface area contributed by atoms with Gasteiger partial charge >= 0.3 is 5.97 Å². The number of carbonyl (C=O) groups excluding carboxylic acids is 1. The number of methoxy groups -OCH3 is 1. The molecular formula is C15H22N2O6S. The predicted octanol–water partition coefficient (Wildman–Crippen LogP) is 0.643. The van der Waals surface area contributed by atoms with Gasteiger partial charge in [-0.2, -0.15) is 0 Å². The zero-order valence-electron chi connectivity index (χ0n) is 13.5. The van der Waals surface area contributed by atoms with Crippen molar-refractivity contribution >= 4 is 21.7 Å². The largest absolute Gasteiger partial charge is 0.507 e. The number of phenolic OH excluding ortho intramolecular Hbond substituents is 1. The number of hydrogen-bond acceptors (Lipinski definition) is 7. The maximum absolute atomic E-state index is 12.1. The minimum Gasteiger partial charge on any atom is -0.507 e. The highest BCUT2D eigenvalue weighted by Gasteiger charge is 2.16. The lowest BCUT2D eigenvalue weighted by Gasteiger charge is -2.26. The smallest absolute Gasteiger partial charge is 0.341 e. The second-order valence-electron chi connectivity index (χ2n) is 5.45. The molecule has 0 aliphatic carbocycles. The van der Waals surface area contributed by atoms with Gasteiger partial charge in [-0.25, -0.2) is 13.2 Å². The first kappa shape index (κ1) is 18.5. The molecule has 0 unspecified atom stereocenters. The van der Waals surface area contributed by atoms with Gasteiger partial charge in [0.1, 0.15) is 11.3 Å². The molecule has 8 nitrogen and oxygen atoms in total. The van der Waals surface area contributed by atoms with Gasteiger partial charge in [0, 0.05) is 19.2 Å². The summed E-state index contributed by atoms with van der Waals surface area (Å²) in [5.74, 6) is -1.05. The summed E-state index contributed by atoms with van der Waals surface area (Å²) in [5.41, 5.74) is 0.180. The first-order valence-corrected chi connectivity index (χ1v) is 9.28. The molecule has 1 aromatic carbocycles.